The molecule has 0 bridgehead atoms. The number of nitrogens with one attached hydrogen (secondary N) is 4. The number of halogens is 12. The summed E-state index contributed by atoms with van der Waals surface area (Å²) in [4.78, 5) is 93.4. The summed E-state index contributed by atoms with van der Waals surface area (Å²) < 4.78 is 185. The molecular weight excluding hydrogens is 1730 g/mol. The van der Waals surface area contributed by atoms with Gasteiger partial charge >= 0.3 is 48.8 Å². The molecule has 0 aliphatic rings. The Morgan fingerprint density at radius 2 is 0.574 bits per heavy atom. The normalized spacial score (nSPS) is 11.3. The zero-order chi connectivity index (χ0) is 93.6. The zero-order valence-electron chi connectivity index (χ0n) is 69.1. The van der Waals surface area contributed by atoms with E-state index in [0.29, 0.717) is 103 Å². The van der Waals surface area contributed by atoms with Crippen LogP contribution in [-0.2, 0) is 72.5 Å². The van der Waals surface area contributed by atoms with Crippen molar-refractivity contribution >= 4 is 96.8 Å². The number of aromatic nitrogens is 20. The van der Waals surface area contributed by atoms with Crippen LogP contribution < -0.4 is 40.2 Å². The molecule has 0 unspecified atom stereocenters. The number of aliphatic hydroxyl groups excluding tert-OH is 2. The maximum Gasteiger partial charge on any atom is 0.433 e. The topological polar surface area (TPSA) is 405 Å². The lowest BCUT2D eigenvalue weighted by Crippen LogP contribution is -2.18. The Labute approximate surface area is 720 Å². The van der Waals surface area contributed by atoms with Gasteiger partial charge in [0, 0.05) is 136 Å². The van der Waals surface area contributed by atoms with Crippen molar-refractivity contribution in [3.8, 4) is 46.5 Å². The van der Waals surface area contributed by atoms with Crippen LogP contribution in [0.4, 0.5) is 95.1 Å². The molecule has 0 saturated carbocycles. The molecule has 672 valence electrons. The quantitative estimate of drug-likeness (QED) is 0.0386. The Morgan fingerprint density at radius 1 is 0.333 bits per heavy atom. The number of aliphatic hydroxyl groups is 2. The first kappa shape index (κ1) is 93.7. The lowest BCUT2D eigenvalue weighted by Gasteiger charge is -2.07. The fraction of sp³-hybridized carbons (Fsp3) is 0.207. The van der Waals surface area contributed by atoms with Gasteiger partial charge in [-0.15, -0.1) is 0 Å². The van der Waals surface area contributed by atoms with E-state index in [1.165, 1.54) is 93.5 Å². The van der Waals surface area contributed by atoms with Crippen molar-refractivity contribution in [2.24, 2.45) is 28.2 Å². The second kappa shape index (κ2) is 39.9. The van der Waals surface area contributed by atoms with E-state index in [1.807, 2.05) is 34.6 Å². The summed E-state index contributed by atoms with van der Waals surface area (Å²) in [6.07, 6.45) is -6.46. The molecule has 16 aromatic rings. The molecule has 0 spiro atoms. The third-order valence-electron chi connectivity index (χ3n) is 17.8. The SMILES string of the molecule is CC.CC.CC(=O)c1cc(Oc2ccc3c(ccn3C(=O)Nc3cc(C(F)(F)F)n(C)n3)c2)ncn1.CCc1cc(Oc2ccc3c(ccn3C(=O)Nc3cc(C(F)(F)F)n(C)n3)c2)ncn1.Cn1nc(NC(=O)n2ccc3cc(Oc4cc(CO)ncn4)ccc32)cc1C(F)(F)F.Cn1nc(NC(=O)n2ccc3cc(Oc4cc(CO)ncn4)ccc32)cc1C(F)(F)F. The van der Waals surface area contributed by atoms with Crippen LogP contribution in [0.5, 0.6) is 46.5 Å². The maximum atomic E-state index is 12.9. The van der Waals surface area contributed by atoms with Crippen molar-refractivity contribution in [2.75, 3.05) is 21.3 Å². The average molecular weight is 1800 g/mol. The Kier molecular flexibility index (Phi) is 29.0. The van der Waals surface area contributed by atoms with Gasteiger partial charge in [-0.05, 0) is 103 Å². The molecule has 0 saturated heterocycles. The standard InChI is InChI=1S/C20H15F3N6O3.C20H17F3N6O2.2C19H15F3N6O3.2C2H6/c1-11(30)14-8-18(25-10-24-14)32-13-3-4-15-12(7-13)5-6-29(15)19(31)26-17-9-16(20(21,22)23)28(2)27-17;1-3-13-9-18(25-11-24-13)31-14-4-5-15-12(8-14)6-7-29(15)19(30)26-17-10-16(20(21,22)23)28(2)27-17;2*1-27-15(19(20,21)22)8-16(26-27)25-18(30)28-5-4-11-6-13(2-3-14(11)28)31-17-7-12(9-29)23-10-24-17;2*1-2/h3-10H,1-2H3,(H,26,27,31);4-11H,3H2,1-2H3,(H,26,27,30);2*2-8,10,29H,9H2,1H3,(H,25,26,30);2*1-2H3. The Morgan fingerprint density at radius 3 is 0.806 bits per heavy atom. The van der Waals surface area contributed by atoms with Crippen molar-refractivity contribution in [1.82, 2.24) is 97.3 Å². The molecule has 4 amide bonds. The van der Waals surface area contributed by atoms with Crippen LogP contribution in [0, 0.1) is 0 Å². The minimum atomic E-state index is -4.59. The van der Waals surface area contributed by atoms with E-state index < -0.39 is 71.6 Å². The second-order valence-electron chi connectivity index (χ2n) is 26.4. The molecule has 47 heteroatoms. The van der Waals surface area contributed by atoms with E-state index in [9.17, 15) is 76.7 Å². The van der Waals surface area contributed by atoms with Crippen molar-refractivity contribution in [2.45, 2.75) is 85.9 Å². The number of alkyl halides is 12. The first-order valence-electron chi connectivity index (χ1n) is 38.2. The van der Waals surface area contributed by atoms with Gasteiger partial charge < -0.3 is 29.2 Å². The summed E-state index contributed by atoms with van der Waals surface area (Å²) in [5.74, 6) is 1.78. The van der Waals surface area contributed by atoms with Gasteiger partial charge in [0.05, 0.1) is 46.7 Å². The largest absolute Gasteiger partial charge is 0.439 e. The summed E-state index contributed by atoms with van der Waals surface area (Å²) >= 11 is 0. The average Bonchev–Trinajstić information content (AvgIpc) is 1.65. The minimum absolute atomic E-state index is 0.178. The van der Waals surface area contributed by atoms with Gasteiger partial charge in [-0.3, -0.25) is 63.1 Å². The van der Waals surface area contributed by atoms with E-state index in [-0.39, 0.29) is 65.6 Å². The first-order chi connectivity index (χ1) is 61.3. The predicted molar refractivity (Wildman–Crippen MR) is 441 cm³/mol. The fourth-order valence-electron chi connectivity index (χ4n) is 12.0. The van der Waals surface area contributed by atoms with Crippen LogP contribution in [0.1, 0.15) is 91.9 Å². The summed E-state index contributed by atoms with van der Waals surface area (Å²) in [5, 5.41) is 45.1. The molecule has 0 fully saturated rings. The molecule has 16 rings (SSSR count). The fourth-order valence-corrected chi connectivity index (χ4v) is 12.0. The second-order valence-corrected chi connectivity index (χ2v) is 26.4. The Bertz CT molecular complexity index is 6260. The molecule has 129 heavy (non-hydrogen) atoms. The summed E-state index contributed by atoms with van der Waals surface area (Å²) in [6, 6.07) is 32.9. The van der Waals surface area contributed by atoms with Crippen molar-refractivity contribution < 1.29 is 106 Å². The van der Waals surface area contributed by atoms with Crippen molar-refractivity contribution in [3.05, 3.63) is 241 Å². The van der Waals surface area contributed by atoms with Gasteiger partial charge in [0.15, 0.2) is 29.1 Å². The van der Waals surface area contributed by atoms with E-state index >= 15 is 0 Å². The van der Waals surface area contributed by atoms with Crippen LogP contribution in [0.15, 0.2) is 196 Å². The van der Waals surface area contributed by atoms with Gasteiger partial charge in [0.2, 0.25) is 23.5 Å². The number of rotatable bonds is 16. The van der Waals surface area contributed by atoms with E-state index in [2.05, 4.69) is 81.5 Å². The van der Waals surface area contributed by atoms with Gasteiger partial charge in [-0.2, -0.15) is 73.1 Å². The van der Waals surface area contributed by atoms with Crippen LogP contribution in [0.25, 0.3) is 43.6 Å². The highest BCUT2D eigenvalue weighted by Crippen LogP contribution is 2.37. The Hall–Kier alpha value is -16.0. The molecule has 12 heterocycles. The van der Waals surface area contributed by atoms with Gasteiger partial charge in [-0.1, -0.05) is 34.6 Å². The molecule has 35 nitrogen and oxygen atoms in total. The molecule has 4 aromatic carbocycles. The van der Waals surface area contributed by atoms with E-state index in [1.54, 1.807) is 103 Å². The monoisotopic (exact) mass is 1800 g/mol. The van der Waals surface area contributed by atoms with E-state index in [4.69, 9.17) is 29.2 Å². The smallest absolute Gasteiger partial charge is 0.433 e. The summed E-state index contributed by atoms with van der Waals surface area (Å²) in [7, 11) is 4.59. The number of nitrogens with zero attached hydrogens (tertiary/aromatic N) is 20. The van der Waals surface area contributed by atoms with Crippen LogP contribution in [0.2, 0.25) is 0 Å². The molecule has 6 N–H and O–H groups in total. The molecule has 0 atom stereocenters. The van der Waals surface area contributed by atoms with Gasteiger partial charge in [0.1, 0.15) is 76.8 Å². The highest BCUT2D eigenvalue weighted by molar-refractivity contribution is 6.01. The van der Waals surface area contributed by atoms with Crippen LogP contribution in [-0.4, -0.2) is 137 Å². The molecule has 0 aliphatic carbocycles. The van der Waals surface area contributed by atoms with E-state index in [0.717, 1.165) is 64.6 Å². The van der Waals surface area contributed by atoms with Gasteiger partial charge in [-0.25, -0.2) is 59.0 Å². The highest BCUT2D eigenvalue weighted by Gasteiger charge is 2.39. The minimum Gasteiger partial charge on any atom is -0.439 e. The molecular formula is C82H74F12N24O11. The predicted octanol–water partition coefficient (Wildman–Crippen LogP) is 18.0. The number of ether oxygens (including phenoxy) is 4. The zero-order valence-corrected chi connectivity index (χ0v) is 69.1. The number of fused-ring (bicyclic) bond motifs is 4. The Balaban J connectivity index is 0.000000164. The number of carbonyl (C=O) groups excluding carboxylic acids is 5. The maximum absolute atomic E-state index is 12.9. The van der Waals surface area contributed by atoms with Crippen LogP contribution in [0.3, 0.4) is 0 Å². The number of hydrogen-bond donors (Lipinski definition) is 6. The third-order valence-corrected chi connectivity index (χ3v) is 17.8. The number of carbonyl (C=O) groups is 5. The number of benzene rings is 4. The first-order valence-corrected chi connectivity index (χ1v) is 38.2. The number of amides is 4. The van der Waals surface area contributed by atoms with Crippen LogP contribution >= 0.6 is 0 Å². The molecule has 0 radical (unpaired) electrons. The molecule has 12 aromatic heterocycles. The van der Waals surface area contributed by atoms with Gasteiger partial charge in [0.25, 0.3) is 0 Å². The summed E-state index contributed by atoms with van der Waals surface area (Å²) in [6.45, 7) is 10.8. The number of hydrogen-bond acceptors (Lipinski definition) is 23. The molecule has 0 aliphatic heterocycles. The number of aryl methyl sites for hydroxylation is 5. The summed E-state index contributed by atoms with van der Waals surface area (Å²) in [5.41, 5.74) is 0.0248. The van der Waals surface area contributed by atoms with Crippen molar-refractivity contribution in [3.63, 3.8) is 0 Å². The highest BCUT2D eigenvalue weighted by atomic mass is 19.4. The number of Topliss-reactive ketones (excluding diaryl/α,β-unsaturated/α-hetero) is 1. The lowest BCUT2D eigenvalue weighted by atomic mass is 10.2. The number of ketones is 1. The van der Waals surface area contributed by atoms with Crippen molar-refractivity contribution in [1.29, 1.82) is 0 Å². The third kappa shape index (κ3) is 23.2. The lowest BCUT2D eigenvalue weighted by molar-refractivity contribution is -0.144. The number of anilines is 4.